The number of nitrogens with zero attached hydrogens (tertiary/aromatic N) is 2. The fraction of sp³-hybridized carbons (Fsp3) is 0.476. The second kappa shape index (κ2) is 7.45. The molecule has 4 nitrogen and oxygen atoms in total. The summed E-state index contributed by atoms with van der Waals surface area (Å²) in [4.78, 5) is 14.6. The van der Waals surface area contributed by atoms with Crippen LogP contribution in [0.4, 0.5) is 0 Å². The number of benzene rings is 1. The van der Waals surface area contributed by atoms with Gasteiger partial charge >= 0.3 is 0 Å². The number of halogens is 1. The molecule has 0 amide bonds. The Morgan fingerprint density at radius 3 is 2.35 bits per heavy atom. The first-order valence-corrected chi connectivity index (χ1v) is 9.86. The summed E-state index contributed by atoms with van der Waals surface area (Å²) < 4.78 is 7.66. The van der Waals surface area contributed by atoms with E-state index in [-0.39, 0.29) is 10.6 Å². The van der Waals surface area contributed by atoms with Crippen molar-refractivity contribution in [3.63, 3.8) is 0 Å². The second-order valence-electron chi connectivity index (χ2n) is 7.42. The molecule has 26 heavy (non-hydrogen) atoms. The molecule has 4 rings (SSSR count). The maximum absolute atomic E-state index is 12.0. The Hall–Kier alpha value is -1.78. The molecule has 0 unspecified atom stereocenters. The first-order valence-electron chi connectivity index (χ1n) is 9.48. The van der Waals surface area contributed by atoms with E-state index in [4.69, 9.17) is 16.3 Å². The number of ether oxygens (including phenoxy) is 1. The number of pyridine rings is 1. The topological polar surface area (TPSA) is 34.5 Å². The van der Waals surface area contributed by atoms with E-state index in [1.165, 1.54) is 23.8 Å². The summed E-state index contributed by atoms with van der Waals surface area (Å²) in [5.41, 5.74) is 1.51. The summed E-state index contributed by atoms with van der Waals surface area (Å²) in [6.45, 7) is 2.30. The highest BCUT2D eigenvalue weighted by Crippen LogP contribution is 2.30. The maximum atomic E-state index is 12.0. The van der Waals surface area contributed by atoms with Crippen LogP contribution >= 0.6 is 11.6 Å². The van der Waals surface area contributed by atoms with E-state index >= 15 is 0 Å². The summed E-state index contributed by atoms with van der Waals surface area (Å²) in [6, 6.07) is 10.6. The molecule has 0 bridgehead atoms. The zero-order chi connectivity index (χ0) is 18.1. The van der Waals surface area contributed by atoms with Crippen LogP contribution in [0, 0.1) is 0 Å². The molecule has 0 spiro atoms. The first kappa shape index (κ1) is 17.6. The van der Waals surface area contributed by atoms with Crippen molar-refractivity contribution in [2.24, 2.45) is 7.05 Å². The summed E-state index contributed by atoms with van der Waals surface area (Å²) in [5, 5.41) is 0.257. The zero-order valence-electron chi connectivity index (χ0n) is 15.2. The standard InChI is InChI=1S/C21H25ClN2O2/c1-23-12-11-19(20(22)21(23)25)15-5-7-17(8-6-15)26-18-9-13-24(14-10-18)16-3-2-4-16/h5-8,11-12,16,18H,2-4,9-10,13-14H2,1H3. The van der Waals surface area contributed by atoms with Gasteiger partial charge in [-0.3, -0.25) is 4.79 Å². The van der Waals surface area contributed by atoms with Crippen LogP contribution in [0.25, 0.3) is 11.1 Å². The van der Waals surface area contributed by atoms with Crippen LogP contribution in [0.5, 0.6) is 5.75 Å². The lowest BCUT2D eigenvalue weighted by atomic mass is 9.90. The van der Waals surface area contributed by atoms with Gasteiger partial charge in [0.15, 0.2) is 0 Å². The predicted octanol–water partition coefficient (Wildman–Crippen LogP) is 4.10. The van der Waals surface area contributed by atoms with Crippen LogP contribution < -0.4 is 10.3 Å². The van der Waals surface area contributed by atoms with E-state index in [9.17, 15) is 4.79 Å². The molecule has 5 heteroatoms. The molecule has 2 heterocycles. The molecule has 2 aromatic rings. The lowest BCUT2D eigenvalue weighted by molar-refractivity contribution is 0.0493. The molecular weight excluding hydrogens is 348 g/mol. The fourth-order valence-corrected chi connectivity index (χ4v) is 4.14. The van der Waals surface area contributed by atoms with Crippen LogP contribution in [0.3, 0.4) is 0 Å². The average molecular weight is 373 g/mol. The van der Waals surface area contributed by atoms with E-state index in [1.54, 1.807) is 13.2 Å². The number of aryl methyl sites for hydroxylation is 1. The van der Waals surface area contributed by atoms with Crippen molar-refractivity contribution in [2.45, 2.75) is 44.2 Å². The SMILES string of the molecule is Cn1ccc(-c2ccc(OC3CCN(C4CCC4)CC3)cc2)c(Cl)c1=O. The monoisotopic (exact) mass is 372 g/mol. The molecule has 1 aliphatic heterocycles. The van der Waals surface area contributed by atoms with Gasteiger partial charge in [0.2, 0.25) is 0 Å². The number of rotatable bonds is 4. The van der Waals surface area contributed by atoms with Gasteiger partial charge in [-0.2, -0.15) is 0 Å². The Balaban J connectivity index is 1.39. The van der Waals surface area contributed by atoms with Crippen molar-refractivity contribution in [3.05, 3.63) is 51.9 Å². The third-order valence-electron chi connectivity index (χ3n) is 5.75. The normalized spacial score (nSPS) is 19.3. The lowest BCUT2D eigenvalue weighted by Crippen LogP contribution is -2.46. The van der Waals surface area contributed by atoms with Crippen LogP contribution in [0.15, 0.2) is 41.3 Å². The van der Waals surface area contributed by atoms with Gasteiger partial charge in [-0.25, -0.2) is 0 Å². The van der Waals surface area contributed by atoms with Gasteiger partial charge < -0.3 is 14.2 Å². The Bertz CT molecular complexity index is 819. The number of piperidine rings is 1. The van der Waals surface area contributed by atoms with Crippen molar-refractivity contribution in [2.75, 3.05) is 13.1 Å². The van der Waals surface area contributed by atoms with Crippen molar-refractivity contribution in [1.82, 2.24) is 9.47 Å². The summed E-state index contributed by atoms with van der Waals surface area (Å²) in [7, 11) is 1.70. The largest absolute Gasteiger partial charge is 0.490 e. The second-order valence-corrected chi connectivity index (χ2v) is 7.80. The van der Waals surface area contributed by atoms with E-state index in [0.29, 0.717) is 6.10 Å². The van der Waals surface area contributed by atoms with Crippen molar-refractivity contribution in [1.29, 1.82) is 0 Å². The zero-order valence-corrected chi connectivity index (χ0v) is 15.9. The quantitative estimate of drug-likeness (QED) is 0.810. The predicted molar refractivity (Wildman–Crippen MR) is 105 cm³/mol. The molecule has 2 aliphatic rings. The highest BCUT2D eigenvalue weighted by atomic mass is 35.5. The molecular formula is C21H25ClN2O2. The average Bonchev–Trinajstić information content (AvgIpc) is 2.61. The minimum atomic E-state index is -0.178. The Morgan fingerprint density at radius 2 is 1.73 bits per heavy atom. The Kier molecular flexibility index (Phi) is 5.05. The Morgan fingerprint density at radius 1 is 1.04 bits per heavy atom. The molecule has 1 aliphatic carbocycles. The fourth-order valence-electron chi connectivity index (χ4n) is 3.84. The van der Waals surface area contributed by atoms with Gasteiger partial charge in [-0.1, -0.05) is 30.2 Å². The van der Waals surface area contributed by atoms with Crippen LogP contribution in [-0.2, 0) is 7.05 Å². The van der Waals surface area contributed by atoms with E-state index in [0.717, 1.165) is 48.8 Å². The third kappa shape index (κ3) is 3.53. The van der Waals surface area contributed by atoms with Gasteiger partial charge in [-0.15, -0.1) is 0 Å². The minimum Gasteiger partial charge on any atom is -0.490 e. The smallest absolute Gasteiger partial charge is 0.269 e. The van der Waals surface area contributed by atoms with Crippen molar-refractivity contribution < 1.29 is 4.74 Å². The summed E-state index contributed by atoms with van der Waals surface area (Å²) in [6.07, 6.45) is 8.37. The van der Waals surface area contributed by atoms with E-state index in [2.05, 4.69) is 4.90 Å². The molecule has 2 fully saturated rings. The highest BCUT2D eigenvalue weighted by Gasteiger charge is 2.29. The van der Waals surface area contributed by atoms with Gasteiger partial charge in [0.25, 0.3) is 5.56 Å². The Labute approximate surface area is 159 Å². The van der Waals surface area contributed by atoms with Crippen molar-refractivity contribution >= 4 is 11.6 Å². The summed E-state index contributed by atoms with van der Waals surface area (Å²) in [5.74, 6) is 0.885. The molecule has 0 N–H and O–H groups in total. The number of hydrogen-bond acceptors (Lipinski definition) is 3. The molecule has 1 aromatic carbocycles. The number of likely N-dealkylation sites (tertiary alicyclic amines) is 1. The van der Waals surface area contributed by atoms with E-state index in [1.807, 2.05) is 30.3 Å². The maximum Gasteiger partial charge on any atom is 0.269 e. The van der Waals surface area contributed by atoms with Crippen molar-refractivity contribution in [3.8, 4) is 16.9 Å². The van der Waals surface area contributed by atoms with Crippen LogP contribution in [-0.4, -0.2) is 34.7 Å². The third-order valence-corrected chi connectivity index (χ3v) is 6.11. The molecule has 0 radical (unpaired) electrons. The van der Waals surface area contributed by atoms with Crippen LogP contribution in [0.2, 0.25) is 5.02 Å². The molecule has 138 valence electrons. The lowest BCUT2D eigenvalue weighted by Gasteiger charge is -2.41. The molecule has 0 atom stereocenters. The first-order chi connectivity index (χ1) is 12.6. The van der Waals surface area contributed by atoms with E-state index < -0.39 is 0 Å². The number of aromatic nitrogens is 1. The molecule has 1 saturated heterocycles. The molecule has 1 aromatic heterocycles. The highest BCUT2D eigenvalue weighted by molar-refractivity contribution is 6.33. The van der Waals surface area contributed by atoms with Gasteiger partial charge in [0.1, 0.15) is 16.9 Å². The molecule has 1 saturated carbocycles. The summed E-state index contributed by atoms with van der Waals surface area (Å²) >= 11 is 6.22. The minimum absolute atomic E-state index is 0.178. The number of hydrogen-bond donors (Lipinski definition) is 0. The van der Waals surface area contributed by atoms with Gasteiger partial charge in [-0.05, 0) is 49.4 Å². The van der Waals surface area contributed by atoms with Gasteiger partial charge in [0.05, 0.1) is 0 Å². The van der Waals surface area contributed by atoms with Crippen LogP contribution in [0.1, 0.15) is 32.1 Å². The van der Waals surface area contributed by atoms with Gasteiger partial charge in [0, 0.05) is 37.9 Å².